The van der Waals surface area contributed by atoms with Gasteiger partial charge in [-0.05, 0) is 0 Å². The van der Waals surface area contributed by atoms with Crippen molar-refractivity contribution in [3.05, 3.63) is 24.5 Å². The summed E-state index contributed by atoms with van der Waals surface area (Å²) in [6.45, 7) is 7.71. The Kier molecular flexibility index (Phi) is 5.57. The average Bonchev–Trinajstić information content (AvgIpc) is 3.12. The second-order valence-corrected chi connectivity index (χ2v) is 14.0. The van der Waals surface area contributed by atoms with E-state index in [-0.39, 0.29) is 0 Å². The van der Waals surface area contributed by atoms with E-state index < -0.39 is 7.41 Å². The molecule has 1 nitrogen and oxygen atoms in total. The molecule has 2 fully saturated rings. The number of hydrogen-bond acceptors (Lipinski definition) is 0. The number of aromatic nitrogens is 1. The van der Waals surface area contributed by atoms with Gasteiger partial charge in [-0.2, -0.15) is 0 Å². The maximum atomic E-state index is 2.82. The van der Waals surface area contributed by atoms with Crippen molar-refractivity contribution in [2.24, 2.45) is 0 Å². The molecule has 0 saturated heterocycles. The van der Waals surface area contributed by atoms with Gasteiger partial charge in [-0.15, -0.1) is 0 Å². The van der Waals surface area contributed by atoms with Crippen LogP contribution in [0.2, 0.25) is 0 Å². The fraction of sp³-hybridized carbons (Fsp3) is 0.810. The second-order valence-electron chi connectivity index (χ2n) is 8.82. The van der Waals surface area contributed by atoms with Crippen LogP contribution in [0.3, 0.4) is 0 Å². The van der Waals surface area contributed by atoms with Gasteiger partial charge in [0.25, 0.3) is 0 Å². The minimum atomic E-state index is -1.63. The molecule has 1 aromatic rings. The van der Waals surface area contributed by atoms with Crippen molar-refractivity contribution >= 4 is 7.41 Å². The van der Waals surface area contributed by atoms with E-state index in [1.807, 2.05) is 0 Å². The van der Waals surface area contributed by atoms with Crippen molar-refractivity contribution in [2.75, 3.05) is 0 Å². The molecule has 2 saturated carbocycles. The zero-order valence-electron chi connectivity index (χ0n) is 15.7. The molecule has 2 aliphatic carbocycles. The first-order chi connectivity index (χ1) is 11.1. The van der Waals surface area contributed by atoms with Crippen LogP contribution in [0.1, 0.15) is 91.4 Å². The van der Waals surface area contributed by atoms with Gasteiger partial charge in [-0.3, -0.25) is 0 Å². The van der Waals surface area contributed by atoms with Crippen LogP contribution in [0, 0.1) is 0 Å². The molecule has 0 atom stereocenters. The molecule has 0 aromatic carbocycles. The van der Waals surface area contributed by atoms with Gasteiger partial charge < -0.3 is 0 Å². The summed E-state index contributed by atoms with van der Waals surface area (Å²) in [6, 6.07) is 4.58. The molecule has 0 radical (unpaired) electrons. The molecule has 0 aliphatic heterocycles. The molecule has 0 N–H and O–H groups in total. The van der Waals surface area contributed by atoms with Gasteiger partial charge in [-0.1, -0.05) is 0 Å². The number of nitrogens with zero attached hydrogens (tertiary/aromatic N) is 1. The van der Waals surface area contributed by atoms with E-state index in [0.29, 0.717) is 5.16 Å². The molecule has 0 amide bonds. The summed E-state index contributed by atoms with van der Waals surface area (Å²) in [5.74, 6) is 0. The number of hydrogen-bond donors (Lipinski definition) is 0. The molecule has 1 aromatic heterocycles. The molecule has 0 bridgehead atoms. The summed E-state index contributed by atoms with van der Waals surface area (Å²) < 4.78 is 2.82. The molecule has 132 valence electrons. The Morgan fingerprint density at radius 3 is 1.65 bits per heavy atom. The first kappa shape index (κ1) is 17.5. The summed E-state index contributed by atoms with van der Waals surface area (Å²) in [4.78, 5) is 0. The summed E-state index contributed by atoms with van der Waals surface area (Å²) in [5, 5.41) is 0.496. The van der Waals surface area contributed by atoms with Gasteiger partial charge in [0.05, 0.1) is 0 Å². The molecule has 0 spiro atoms. The first-order valence-electron chi connectivity index (χ1n) is 10.3. The third-order valence-corrected chi connectivity index (χ3v) is 14.8. The zero-order valence-corrected chi connectivity index (χ0v) is 16.7. The molecular weight excluding hydrogens is 297 g/mol. The molecule has 2 heteroatoms. The molecule has 2 aliphatic rings. The van der Waals surface area contributed by atoms with Crippen LogP contribution in [0.4, 0.5) is 0 Å². The Balaban J connectivity index is 2.11. The van der Waals surface area contributed by atoms with E-state index >= 15 is 0 Å². The van der Waals surface area contributed by atoms with Gasteiger partial charge in [0.15, 0.2) is 0 Å². The van der Waals surface area contributed by atoms with Gasteiger partial charge in [0.1, 0.15) is 0 Å². The Labute approximate surface area is 144 Å². The Morgan fingerprint density at radius 2 is 1.26 bits per heavy atom. The topological polar surface area (TPSA) is 4.93 Å². The average molecular weight is 336 g/mol. The van der Waals surface area contributed by atoms with Gasteiger partial charge >= 0.3 is 144 Å². The third kappa shape index (κ3) is 3.04. The Bertz CT molecular complexity index is 446. The first-order valence-corrected chi connectivity index (χ1v) is 12.4. The summed E-state index contributed by atoms with van der Waals surface area (Å²) in [6.07, 6.45) is 21.1. The Morgan fingerprint density at radius 1 is 0.826 bits per heavy atom. The fourth-order valence-electron chi connectivity index (χ4n) is 6.16. The summed E-state index contributed by atoms with van der Waals surface area (Å²) in [7, 11) is -1.63. The molecular formula is C21H38NP. The van der Waals surface area contributed by atoms with E-state index in [1.54, 1.807) is 0 Å². The van der Waals surface area contributed by atoms with Crippen LogP contribution in [-0.2, 0) is 0 Å². The summed E-state index contributed by atoms with van der Waals surface area (Å²) in [5.41, 5.74) is 2.00. The fourth-order valence-corrected chi connectivity index (χ4v) is 14.4. The van der Waals surface area contributed by atoms with Crippen molar-refractivity contribution < 1.29 is 0 Å². The van der Waals surface area contributed by atoms with Crippen molar-refractivity contribution in [1.29, 1.82) is 0 Å². The van der Waals surface area contributed by atoms with Gasteiger partial charge in [0.2, 0.25) is 0 Å². The van der Waals surface area contributed by atoms with Crippen LogP contribution in [0.5, 0.6) is 0 Å². The molecule has 1 heterocycles. The van der Waals surface area contributed by atoms with E-state index in [2.05, 4.69) is 49.6 Å². The van der Waals surface area contributed by atoms with Crippen LogP contribution < -0.4 is 0 Å². The van der Waals surface area contributed by atoms with E-state index in [0.717, 1.165) is 11.3 Å². The molecule has 3 rings (SSSR count). The van der Waals surface area contributed by atoms with Crippen molar-refractivity contribution in [2.45, 2.75) is 108 Å². The predicted octanol–water partition coefficient (Wildman–Crippen LogP) is 6.86. The van der Waals surface area contributed by atoms with Gasteiger partial charge in [0, 0.05) is 0 Å². The normalized spacial score (nSPS) is 23.1. The van der Waals surface area contributed by atoms with Crippen LogP contribution >= 0.6 is 7.41 Å². The Hall–Kier alpha value is -0.290. The van der Waals surface area contributed by atoms with Gasteiger partial charge in [-0.25, -0.2) is 0 Å². The van der Waals surface area contributed by atoms with Crippen molar-refractivity contribution in [3.63, 3.8) is 0 Å². The molecule has 23 heavy (non-hydrogen) atoms. The standard InChI is InChI=1S/C21H38NP/c1-4-21(2,3)23(22-17-11-12-18-22,19-13-7-5-8-14-19)20-15-9-6-10-16-20/h11-12,17-20,23H,4-10,13-16H2,1-3H3. The van der Waals surface area contributed by atoms with E-state index in [9.17, 15) is 0 Å². The molecule has 0 unspecified atom stereocenters. The summed E-state index contributed by atoms with van der Waals surface area (Å²) >= 11 is 0. The SMILES string of the molecule is CCC(C)(C)[PH](C1CCCCC1)(C1CCCCC1)n1cccc1. The van der Waals surface area contributed by atoms with Crippen LogP contribution in [0.25, 0.3) is 0 Å². The predicted molar refractivity (Wildman–Crippen MR) is 106 cm³/mol. The van der Waals surface area contributed by atoms with E-state index in [1.165, 1.54) is 70.6 Å². The van der Waals surface area contributed by atoms with E-state index in [4.69, 9.17) is 0 Å². The number of rotatable bonds is 5. The van der Waals surface area contributed by atoms with Crippen LogP contribution in [-0.4, -0.2) is 20.8 Å². The third-order valence-electron chi connectivity index (χ3n) is 7.45. The van der Waals surface area contributed by atoms with Crippen molar-refractivity contribution in [3.8, 4) is 0 Å². The monoisotopic (exact) mass is 335 g/mol. The second kappa shape index (κ2) is 7.30. The van der Waals surface area contributed by atoms with Crippen LogP contribution in [0.15, 0.2) is 24.5 Å². The maximum absolute atomic E-state index is 2.82. The minimum absolute atomic E-state index is 0.496. The van der Waals surface area contributed by atoms with Crippen molar-refractivity contribution in [1.82, 2.24) is 4.34 Å². The zero-order chi connectivity index (χ0) is 16.3. The quantitative estimate of drug-likeness (QED) is 0.518.